The van der Waals surface area contributed by atoms with Crippen LogP contribution in [0.4, 0.5) is 5.69 Å². The Morgan fingerprint density at radius 2 is 1.94 bits per heavy atom. The Labute approximate surface area is 114 Å². The summed E-state index contributed by atoms with van der Waals surface area (Å²) in [5.74, 6) is 0. The summed E-state index contributed by atoms with van der Waals surface area (Å²) in [5, 5.41) is 4.29. The average molecular weight is 284 g/mol. The Kier molecular flexibility index (Phi) is 3.03. The van der Waals surface area contributed by atoms with Crippen LogP contribution in [0.1, 0.15) is 22.9 Å². The summed E-state index contributed by atoms with van der Waals surface area (Å²) in [6, 6.07) is 10.3. The topological polar surface area (TPSA) is 12.0 Å². The summed E-state index contributed by atoms with van der Waals surface area (Å²) in [6.07, 6.45) is 2.26. The van der Waals surface area contributed by atoms with Crippen LogP contribution in [0.25, 0.3) is 0 Å². The number of nitrogens with one attached hydrogen (secondary N) is 1. The maximum Gasteiger partial charge on any atom is 0.0934 e. The Balaban J connectivity index is 1.81. The van der Waals surface area contributed by atoms with E-state index in [0.29, 0.717) is 6.04 Å². The van der Waals surface area contributed by atoms with Gasteiger partial charge in [0.2, 0.25) is 0 Å². The maximum absolute atomic E-state index is 6.04. The minimum atomic E-state index is 0.384. The fourth-order valence-corrected chi connectivity index (χ4v) is 3.71. The minimum absolute atomic E-state index is 0.384. The highest BCUT2D eigenvalue weighted by molar-refractivity contribution is 7.16. The van der Waals surface area contributed by atoms with E-state index in [1.807, 2.05) is 24.3 Å². The molecular weight excluding hydrogens is 273 g/mol. The largest absolute Gasteiger partial charge is 0.378 e. The number of fused-ring (bicyclic) bond motifs is 1. The molecule has 0 bridgehead atoms. The van der Waals surface area contributed by atoms with E-state index in [1.54, 1.807) is 11.3 Å². The lowest BCUT2D eigenvalue weighted by atomic mass is 10.1. The molecule has 4 heteroatoms. The molecule has 1 atom stereocenters. The second kappa shape index (κ2) is 4.52. The van der Waals surface area contributed by atoms with Crippen LogP contribution >= 0.6 is 34.5 Å². The smallest absolute Gasteiger partial charge is 0.0934 e. The molecule has 0 fully saturated rings. The molecule has 1 unspecified atom stereocenters. The van der Waals surface area contributed by atoms with Crippen molar-refractivity contribution in [2.24, 2.45) is 0 Å². The van der Waals surface area contributed by atoms with Gasteiger partial charge in [0, 0.05) is 15.6 Å². The van der Waals surface area contributed by atoms with Gasteiger partial charge in [-0.1, -0.05) is 23.2 Å². The van der Waals surface area contributed by atoms with Crippen LogP contribution in [0.2, 0.25) is 9.36 Å². The van der Waals surface area contributed by atoms with Gasteiger partial charge in [-0.3, -0.25) is 0 Å². The molecule has 0 amide bonds. The fourth-order valence-electron chi connectivity index (χ4n) is 2.23. The lowest BCUT2D eigenvalue weighted by molar-refractivity contribution is 0.762. The molecule has 17 heavy (non-hydrogen) atoms. The molecule has 0 aliphatic heterocycles. The SMILES string of the molecule is Clc1ccc(NC2CCc3sc(Cl)cc32)cc1. The minimum Gasteiger partial charge on any atom is -0.378 e. The van der Waals surface area contributed by atoms with Gasteiger partial charge in [0.05, 0.1) is 10.4 Å². The monoisotopic (exact) mass is 283 g/mol. The van der Waals surface area contributed by atoms with Crippen molar-refractivity contribution >= 4 is 40.2 Å². The Bertz CT molecular complexity index is 533. The van der Waals surface area contributed by atoms with Crippen molar-refractivity contribution in [3.8, 4) is 0 Å². The number of thiophene rings is 1. The summed E-state index contributed by atoms with van der Waals surface area (Å²) in [7, 11) is 0. The van der Waals surface area contributed by atoms with Gasteiger partial charge in [0.25, 0.3) is 0 Å². The lowest BCUT2D eigenvalue weighted by Gasteiger charge is -2.14. The third-order valence-electron chi connectivity index (χ3n) is 3.03. The van der Waals surface area contributed by atoms with E-state index in [2.05, 4.69) is 11.4 Å². The predicted octanol–water partition coefficient (Wildman–Crippen LogP) is 5.15. The zero-order valence-corrected chi connectivity index (χ0v) is 11.4. The number of halogens is 2. The van der Waals surface area contributed by atoms with Crippen LogP contribution in [0.5, 0.6) is 0 Å². The lowest BCUT2D eigenvalue weighted by Crippen LogP contribution is -2.06. The zero-order chi connectivity index (χ0) is 11.8. The molecule has 1 N–H and O–H groups in total. The van der Waals surface area contributed by atoms with Crippen molar-refractivity contribution in [1.29, 1.82) is 0 Å². The number of hydrogen-bond donors (Lipinski definition) is 1. The van der Waals surface area contributed by atoms with Crippen molar-refractivity contribution in [3.63, 3.8) is 0 Å². The first-order valence-electron chi connectivity index (χ1n) is 5.52. The molecule has 3 rings (SSSR count). The molecule has 2 aromatic rings. The van der Waals surface area contributed by atoms with E-state index in [9.17, 15) is 0 Å². The summed E-state index contributed by atoms with van der Waals surface area (Å²) in [4.78, 5) is 1.42. The summed E-state index contributed by atoms with van der Waals surface area (Å²) >= 11 is 13.6. The Morgan fingerprint density at radius 3 is 2.71 bits per heavy atom. The van der Waals surface area contributed by atoms with Crippen molar-refractivity contribution in [2.75, 3.05) is 5.32 Å². The maximum atomic E-state index is 6.04. The van der Waals surface area contributed by atoms with Gasteiger partial charge >= 0.3 is 0 Å². The molecule has 0 saturated heterocycles. The number of benzene rings is 1. The highest BCUT2D eigenvalue weighted by atomic mass is 35.5. The summed E-state index contributed by atoms with van der Waals surface area (Å²) in [5.41, 5.74) is 2.46. The van der Waals surface area contributed by atoms with Gasteiger partial charge < -0.3 is 5.32 Å². The number of anilines is 1. The van der Waals surface area contributed by atoms with Crippen molar-refractivity contribution < 1.29 is 0 Å². The molecule has 1 aliphatic carbocycles. The van der Waals surface area contributed by atoms with Gasteiger partial charge in [-0.15, -0.1) is 11.3 Å². The van der Waals surface area contributed by atoms with Crippen molar-refractivity contribution in [3.05, 3.63) is 50.1 Å². The molecule has 88 valence electrons. The molecule has 1 aromatic carbocycles. The van der Waals surface area contributed by atoms with Crippen LogP contribution in [-0.2, 0) is 6.42 Å². The van der Waals surface area contributed by atoms with Crippen LogP contribution in [-0.4, -0.2) is 0 Å². The van der Waals surface area contributed by atoms with E-state index < -0.39 is 0 Å². The first kappa shape index (κ1) is 11.4. The van der Waals surface area contributed by atoms with E-state index in [-0.39, 0.29) is 0 Å². The van der Waals surface area contributed by atoms with Crippen LogP contribution in [0.3, 0.4) is 0 Å². The van der Waals surface area contributed by atoms with Gasteiger partial charge in [0.15, 0.2) is 0 Å². The third-order valence-corrected chi connectivity index (χ3v) is 4.62. The molecule has 0 saturated carbocycles. The predicted molar refractivity (Wildman–Crippen MR) is 75.5 cm³/mol. The van der Waals surface area contributed by atoms with Gasteiger partial charge in [0.1, 0.15) is 0 Å². The molecule has 1 nitrogen and oxygen atoms in total. The highest BCUT2D eigenvalue weighted by Gasteiger charge is 2.24. The van der Waals surface area contributed by atoms with E-state index >= 15 is 0 Å². The van der Waals surface area contributed by atoms with E-state index in [1.165, 1.54) is 10.4 Å². The molecule has 1 heterocycles. The molecule has 0 spiro atoms. The quantitative estimate of drug-likeness (QED) is 0.803. The van der Waals surface area contributed by atoms with Crippen LogP contribution in [0, 0.1) is 0 Å². The normalized spacial score (nSPS) is 18.1. The summed E-state index contributed by atoms with van der Waals surface area (Å²) in [6.45, 7) is 0. The van der Waals surface area contributed by atoms with E-state index in [4.69, 9.17) is 23.2 Å². The first-order chi connectivity index (χ1) is 8.22. The zero-order valence-electron chi connectivity index (χ0n) is 9.04. The standard InChI is InChI=1S/C13H11Cl2NS/c14-8-1-3-9(4-2-8)16-11-5-6-12-10(11)7-13(15)17-12/h1-4,7,11,16H,5-6H2. The molecular formula is C13H11Cl2NS. The Morgan fingerprint density at radius 1 is 1.18 bits per heavy atom. The number of aryl methyl sites for hydroxylation is 1. The third kappa shape index (κ3) is 2.30. The first-order valence-corrected chi connectivity index (χ1v) is 7.10. The molecule has 1 aromatic heterocycles. The van der Waals surface area contributed by atoms with Gasteiger partial charge in [-0.2, -0.15) is 0 Å². The van der Waals surface area contributed by atoms with E-state index in [0.717, 1.165) is 27.9 Å². The van der Waals surface area contributed by atoms with Crippen LogP contribution in [0.15, 0.2) is 30.3 Å². The number of rotatable bonds is 2. The molecule has 0 radical (unpaired) electrons. The number of hydrogen-bond acceptors (Lipinski definition) is 2. The highest BCUT2D eigenvalue weighted by Crippen LogP contribution is 2.40. The van der Waals surface area contributed by atoms with Crippen LogP contribution < -0.4 is 5.32 Å². The summed E-state index contributed by atoms with van der Waals surface area (Å²) < 4.78 is 0.887. The van der Waals surface area contributed by atoms with Gasteiger partial charge in [-0.25, -0.2) is 0 Å². The van der Waals surface area contributed by atoms with Crippen molar-refractivity contribution in [1.82, 2.24) is 0 Å². The molecule has 1 aliphatic rings. The second-order valence-corrected chi connectivity index (χ2v) is 6.38. The second-order valence-electron chi connectivity index (χ2n) is 4.17. The Hall–Kier alpha value is -0.700. The average Bonchev–Trinajstić information content (AvgIpc) is 2.83. The van der Waals surface area contributed by atoms with Gasteiger partial charge in [-0.05, 0) is 48.7 Å². The van der Waals surface area contributed by atoms with Crippen molar-refractivity contribution in [2.45, 2.75) is 18.9 Å². The fraction of sp³-hybridized carbons (Fsp3) is 0.231.